The molecule has 12 rings (SSSR count). The van der Waals surface area contributed by atoms with Crippen molar-refractivity contribution in [3.8, 4) is 11.8 Å². The molecule has 21 nitrogen and oxygen atoms in total. The Morgan fingerprint density at radius 3 is 2.42 bits per heavy atom. The van der Waals surface area contributed by atoms with Crippen molar-refractivity contribution in [1.29, 1.82) is 0 Å². The number of rotatable bonds is 12. The molecule has 5 heterocycles. The van der Waals surface area contributed by atoms with E-state index < -0.39 is 159 Å². The third-order valence-electron chi connectivity index (χ3n) is 25.1. The third kappa shape index (κ3) is 7.79. The van der Waals surface area contributed by atoms with Crippen LogP contribution in [-0.4, -0.2) is 173 Å². The topological polar surface area (TPSA) is 354 Å². The molecule has 2 aromatic heterocycles. The van der Waals surface area contributed by atoms with Crippen LogP contribution in [-0.2, 0) is 25.5 Å². The summed E-state index contributed by atoms with van der Waals surface area (Å²) in [5.41, 5.74) is 2.09. The molecule has 0 bridgehead atoms. The van der Waals surface area contributed by atoms with Crippen LogP contribution in [0.3, 0.4) is 0 Å². The zero-order valence-corrected chi connectivity index (χ0v) is 47.6. The summed E-state index contributed by atoms with van der Waals surface area (Å²) in [6.07, 6.45) is 0.235. The van der Waals surface area contributed by atoms with Gasteiger partial charge in [0, 0.05) is 66.7 Å². The Bertz CT molecular complexity index is 2830. The first kappa shape index (κ1) is 57.4. The summed E-state index contributed by atoms with van der Waals surface area (Å²) in [5.74, 6) is 1.13. The molecule has 1 spiro atoms. The predicted octanol–water partition coefficient (Wildman–Crippen LogP) is 1.20. The normalized spacial score (nSPS) is 49.1. The lowest BCUT2D eigenvalue weighted by atomic mass is 9.28. The van der Waals surface area contributed by atoms with E-state index in [-0.39, 0.29) is 43.9 Å². The number of anilines is 1. The number of nitrogens with two attached hydrogens (primary N) is 1. The van der Waals surface area contributed by atoms with E-state index in [1.165, 1.54) is 6.33 Å². The maximum atomic E-state index is 15.7. The molecule has 27 unspecified atom stereocenters. The van der Waals surface area contributed by atoms with E-state index in [9.17, 15) is 50.8 Å². The maximum Gasteiger partial charge on any atom is 0.310 e. The van der Waals surface area contributed by atoms with Crippen LogP contribution in [0, 0.1) is 109 Å². The van der Waals surface area contributed by atoms with Gasteiger partial charge in [-0.1, -0.05) is 64.5 Å². The number of imidazole rings is 2. The van der Waals surface area contributed by atoms with Crippen LogP contribution in [0.4, 0.5) is 5.82 Å². The van der Waals surface area contributed by atoms with Crippen molar-refractivity contribution in [2.24, 2.45) is 103 Å². The monoisotopic (exact) mass is 1130 g/mol. The first-order valence-electron chi connectivity index (χ1n) is 30.0. The first-order valence-corrected chi connectivity index (χ1v) is 30.0. The lowest BCUT2D eigenvalue weighted by Gasteiger charge is -2.76. The molecule has 446 valence electrons. The summed E-state index contributed by atoms with van der Waals surface area (Å²) in [5, 5.41) is 117. The van der Waals surface area contributed by atoms with Crippen LogP contribution in [0.5, 0.6) is 0 Å². The lowest BCUT2D eigenvalue weighted by Crippen LogP contribution is -2.75. The van der Waals surface area contributed by atoms with Gasteiger partial charge in [-0.3, -0.25) is 9.59 Å². The fourth-order valence-corrected chi connectivity index (χ4v) is 21.1. The summed E-state index contributed by atoms with van der Waals surface area (Å²) in [6, 6.07) is -0.827. The number of carboxylic acid groups (broad SMARTS) is 1. The van der Waals surface area contributed by atoms with Gasteiger partial charge in [-0.15, -0.1) is 0 Å². The Morgan fingerprint density at radius 1 is 0.951 bits per heavy atom. The fraction of sp³-hybridized carbons (Fsp3) is 0.800. The Hall–Kier alpha value is -4.02. The van der Waals surface area contributed by atoms with Crippen molar-refractivity contribution in [1.82, 2.24) is 30.6 Å². The molecule has 5 saturated carbocycles. The number of allylic oxidation sites excluding steroid dienone is 2. The molecule has 10 aliphatic rings. The van der Waals surface area contributed by atoms with E-state index in [0.717, 1.165) is 11.3 Å². The average molecular weight is 1130 g/mol. The van der Waals surface area contributed by atoms with E-state index in [4.69, 9.17) is 20.2 Å². The lowest BCUT2D eigenvalue weighted by molar-refractivity contribution is -0.343. The highest BCUT2D eigenvalue weighted by atomic mass is 16.7. The number of aromatic nitrogens is 4. The predicted molar refractivity (Wildman–Crippen MR) is 292 cm³/mol. The van der Waals surface area contributed by atoms with Crippen LogP contribution >= 0.6 is 0 Å². The number of hydrogen-bond acceptors (Lipinski definition) is 17. The number of aromatic amines is 2. The summed E-state index contributed by atoms with van der Waals surface area (Å²) in [4.78, 5) is 46.1. The van der Waals surface area contributed by atoms with Crippen molar-refractivity contribution >= 4 is 17.7 Å². The van der Waals surface area contributed by atoms with Gasteiger partial charge >= 0.3 is 5.97 Å². The van der Waals surface area contributed by atoms with Crippen LogP contribution in [0.25, 0.3) is 0 Å². The average Bonchev–Trinajstić information content (AvgIpc) is 1.05. The molecule has 0 aromatic carbocycles. The van der Waals surface area contributed by atoms with Gasteiger partial charge < -0.3 is 87.1 Å². The van der Waals surface area contributed by atoms with Crippen molar-refractivity contribution < 1.29 is 65.0 Å². The fourth-order valence-electron chi connectivity index (χ4n) is 21.1. The molecule has 2 aromatic rings. The number of aliphatic hydroxyl groups excluding tert-OH is 8. The number of carbonyl (C=O) groups excluding carboxylic acids is 1. The SMILES string of the molecule is CNCC(C(N)O)C(O)C(c1cnc[nH]1)C1NC(=O)C23CCCC2C#CC2C=C4C5CC(C)(CO)CCC5(C(=O)O)C5CNc6nc[nH]c6CC5C4(C)C4(C)CCC5C(C)(CO)C(OC6OCC(O)C(O)C6O)C(O)C(CC13)C5(C)C24. The molecule has 27 atom stereocenters. The number of aliphatic carboxylic acids is 1. The van der Waals surface area contributed by atoms with Gasteiger partial charge in [-0.2, -0.15) is 0 Å². The molecule has 1 amide bonds. The Morgan fingerprint density at radius 2 is 1.73 bits per heavy atom. The van der Waals surface area contributed by atoms with E-state index in [1.807, 2.05) is 6.92 Å². The zero-order chi connectivity index (χ0) is 57.7. The number of ether oxygens (including phenoxy) is 2. The molecule has 0 radical (unpaired) electrons. The van der Waals surface area contributed by atoms with E-state index >= 15 is 4.79 Å². The Kier molecular flexibility index (Phi) is 14.2. The van der Waals surface area contributed by atoms with E-state index in [1.54, 1.807) is 19.6 Å². The molecule has 3 aliphatic heterocycles. The van der Waals surface area contributed by atoms with Gasteiger partial charge in [0.25, 0.3) is 0 Å². The van der Waals surface area contributed by atoms with Gasteiger partial charge in [0.2, 0.25) is 5.91 Å². The summed E-state index contributed by atoms with van der Waals surface area (Å²) in [7, 11) is 1.71. The molecular weight excluding hydrogens is 1040 g/mol. The molecule has 81 heavy (non-hydrogen) atoms. The number of H-pyrrole nitrogens is 2. The highest BCUT2D eigenvalue weighted by molar-refractivity contribution is 5.87. The minimum Gasteiger partial charge on any atom is -0.481 e. The number of carboxylic acids is 1. The second-order valence-corrected chi connectivity index (χ2v) is 28.2. The molecule has 21 heteroatoms. The highest BCUT2D eigenvalue weighted by Gasteiger charge is 2.79. The second kappa shape index (κ2) is 20.0. The van der Waals surface area contributed by atoms with Crippen LogP contribution in [0.15, 0.2) is 30.5 Å². The second-order valence-electron chi connectivity index (χ2n) is 28.2. The van der Waals surface area contributed by atoms with Gasteiger partial charge in [-0.25, -0.2) is 9.97 Å². The number of amides is 1. The molecule has 7 aliphatic carbocycles. The Labute approximate surface area is 473 Å². The standard InChI is InChI=1S/C60H88N8O13/c1-54(24-69)14-15-60(53(78)79)35(19-54)31-16-28-9-10-29-8-7-12-59(29)33(42(68-52(59)77)41(38-22-63-26-65-38)43(72)30(20-62-6)49(61)76)17-34-44(73)48(81-51-46(75)45(74)39(71)23-80-51)55(2,25-70)40-11-13-56(3,47(28)57(34,40)4)58(31,5)32-18-37-50(67-27-66-37)64-21-36(32)60/h16,22,26-30,32-36,39-49,51,62,64,69-76H,7-8,11-15,17-21,23-25,61H2,1-6H3,(H,63,65)(H,66,67)(H,68,77)(H,78,79). The first-order chi connectivity index (χ1) is 38.5. The van der Waals surface area contributed by atoms with Crippen molar-refractivity contribution in [2.75, 3.05) is 45.3 Å². The minimum atomic E-state index is -1.71. The van der Waals surface area contributed by atoms with Crippen molar-refractivity contribution in [3.05, 3.63) is 41.9 Å². The van der Waals surface area contributed by atoms with Gasteiger partial charge in [0.15, 0.2) is 6.29 Å². The number of hydrogen-bond donors (Lipinski definition) is 15. The maximum absolute atomic E-state index is 15.7. The molecular formula is C60H88N8O13. The minimum absolute atomic E-state index is 0.104. The number of nitrogens with one attached hydrogen (secondary N) is 5. The van der Waals surface area contributed by atoms with Gasteiger partial charge in [-0.05, 0) is 128 Å². The highest BCUT2D eigenvalue weighted by Crippen LogP contribution is 2.80. The zero-order valence-electron chi connectivity index (χ0n) is 47.6. The van der Waals surface area contributed by atoms with Crippen molar-refractivity contribution in [3.63, 3.8) is 0 Å². The number of carbonyl (C=O) groups is 2. The largest absolute Gasteiger partial charge is 0.481 e. The summed E-state index contributed by atoms with van der Waals surface area (Å²) < 4.78 is 12.8. The molecule has 7 fully saturated rings. The van der Waals surface area contributed by atoms with Crippen molar-refractivity contribution in [2.45, 2.75) is 160 Å². The Balaban J connectivity index is 1.11. The van der Waals surface area contributed by atoms with E-state index in [0.29, 0.717) is 75.8 Å². The number of aliphatic hydroxyl groups is 8. The third-order valence-corrected chi connectivity index (χ3v) is 25.1. The molecule has 16 N–H and O–H groups in total. The summed E-state index contributed by atoms with van der Waals surface area (Å²) >= 11 is 0. The van der Waals surface area contributed by atoms with Crippen LogP contribution < -0.4 is 21.7 Å². The number of nitrogens with zero attached hydrogens (tertiary/aromatic N) is 2. The van der Waals surface area contributed by atoms with Crippen LogP contribution in [0.2, 0.25) is 0 Å². The van der Waals surface area contributed by atoms with Gasteiger partial charge in [0.1, 0.15) is 30.4 Å². The number of fused-ring (bicyclic) bond motifs is 8. The quantitative estimate of drug-likeness (QED) is 0.0614. The van der Waals surface area contributed by atoms with E-state index in [2.05, 4.69) is 76.5 Å². The summed E-state index contributed by atoms with van der Waals surface area (Å²) in [6.45, 7) is 10.5. The smallest absolute Gasteiger partial charge is 0.310 e. The molecule has 2 saturated heterocycles. The van der Waals surface area contributed by atoms with Gasteiger partial charge in [0.05, 0.1) is 60.7 Å². The van der Waals surface area contributed by atoms with Crippen LogP contribution in [0.1, 0.15) is 110 Å².